The highest BCUT2D eigenvalue weighted by atomic mass is 32.2. The molecule has 1 aliphatic heterocycles. The van der Waals surface area contributed by atoms with Gasteiger partial charge in [-0.25, -0.2) is 0 Å². The number of thioether (sulfide) groups is 1. The number of carboxylic acid groups (broad SMARTS) is 1. The van der Waals surface area contributed by atoms with Crippen molar-refractivity contribution >= 4 is 27.9 Å². The van der Waals surface area contributed by atoms with Crippen molar-refractivity contribution in [3.63, 3.8) is 0 Å². The van der Waals surface area contributed by atoms with Gasteiger partial charge in [0.2, 0.25) is 0 Å². The molecule has 0 spiro atoms. The third kappa shape index (κ3) is 4.50. The molecule has 118 valence electrons. The molecular weight excluding hydrogens is 321 g/mol. The van der Waals surface area contributed by atoms with Crippen LogP contribution in [-0.4, -0.2) is 53.7 Å². The molecule has 0 aromatic carbocycles. The molecule has 1 saturated heterocycles. The Hall–Kier alpha value is -0.520. The minimum Gasteiger partial charge on any atom is -0.480 e. The first-order valence-corrected chi connectivity index (χ1v) is 8.26. The summed E-state index contributed by atoms with van der Waals surface area (Å²) in [7, 11) is -4.50. The van der Waals surface area contributed by atoms with Gasteiger partial charge in [-0.15, -0.1) is 11.8 Å². The lowest BCUT2D eigenvalue weighted by atomic mass is 10.3. The van der Waals surface area contributed by atoms with Crippen molar-refractivity contribution in [3.8, 4) is 0 Å². The van der Waals surface area contributed by atoms with Gasteiger partial charge in [-0.05, 0) is 6.42 Å². The van der Waals surface area contributed by atoms with E-state index in [-0.39, 0.29) is 5.75 Å². The molecule has 2 N–H and O–H groups in total. The number of carbonyl (C=O) groups is 1. The van der Waals surface area contributed by atoms with Crippen LogP contribution in [0.4, 0.5) is 13.2 Å². The van der Waals surface area contributed by atoms with Crippen LogP contribution < -0.4 is 4.72 Å². The summed E-state index contributed by atoms with van der Waals surface area (Å²) in [4.78, 5) is 11.0. The fraction of sp³-hybridized carbons (Fsp3) is 0.889. The molecule has 2 atom stereocenters. The number of nitrogens with zero attached hydrogens (tertiary/aromatic N) is 1. The van der Waals surface area contributed by atoms with Crippen LogP contribution in [0.2, 0.25) is 0 Å². The molecule has 0 radical (unpaired) electrons. The summed E-state index contributed by atoms with van der Waals surface area (Å²) in [5, 5.41) is 8.33. The maximum atomic E-state index is 12.1. The summed E-state index contributed by atoms with van der Waals surface area (Å²) < 4.78 is 62.2. The Morgan fingerprint density at radius 2 is 2.10 bits per heavy atom. The van der Waals surface area contributed by atoms with Crippen LogP contribution in [0.1, 0.15) is 19.8 Å². The van der Waals surface area contributed by atoms with Crippen LogP contribution in [0.3, 0.4) is 0 Å². The summed E-state index contributed by atoms with van der Waals surface area (Å²) in [5.41, 5.74) is 0. The molecule has 11 heteroatoms. The SMILES string of the molecule is CCCC1SCC(C(=O)O)N1S(=O)(=O)NCC(F)(F)F. The lowest BCUT2D eigenvalue weighted by Gasteiger charge is -2.26. The lowest BCUT2D eigenvalue weighted by Crippen LogP contribution is -2.52. The molecule has 0 amide bonds. The molecule has 0 bridgehead atoms. The van der Waals surface area contributed by atoms with Crippen LogP contribution in [0, 0.1) is 0 Å². The minimum absolute atomic E-state index is 0.0208. The fourth-order valence-electron chi connectivity index (χ4n) is 1.76. The van der Waals surface area contributed by atoms with Crippen LogP contribution in [0.5, 0.6) is 0 Å². The Balaban J connectivity index is 2.93. The second kappa shape index (κ2) is 6.50. The number of halogens is 3. The van der Waals surface area contributed by atoms with Crippen molar-refractivity contribution in [2.24, 2.45) is 0 Å². The van der Waals surface area contributed by atoms with E-state index in [0.717, 1.165) is 11.8 Å². The number of aliphatic carboxylic acids is 1. The fourth-order valence-corrected chi connectivity index (χ4v) is 5.19. The first-order valence-electron chi connectivity index (χ1n) is 5.77. The van der Waals surface area contributed by atoms with Crippen LogP contribution in [0.15, 0.2) is 0 Å². The molecular formula is C9H15F3N2O4S2. The van der Waals surface area contributed by atoms with Gasteiger partial charge in [0, 0.05) is 5.75 Å². The number of hydrogen-bond donors (Lipinski definition) is 2. The number of carboxylic acids is 1. The Morgan fingerprint density at radius 1 is 1.50 bits per heavy atom. The molecule has 1 aliphatic rings. The largest absolute Gasteiger partial charge is 0.480 e. The van der Waals surface area contributed by atoms with Gasteiger partial charge >= 0.3 is 12.1 Å². The van der Waals surface area contributed by atoms with E-state index < -0.39 is 40.3 Å². The maximum absolute atomic E-state index is 12.1. The first kappa shape index (κ1) is 17.5. The average Bonchev–Trinajstić information content (AvgIpc) is 2.71. The van der Waals surface area contributed by atoms with Crippen LogP contribution in [0.25, 0.3) is 0 Å². The van der Waals surface area contributed by atoms with E-state index in [0.29, 0.717) is 17.1 Å². The van der Waals surface area contributed by atoms with Gasteiger partial charge in [-0.2, -0.15) is 30.6 Å². The van der Waals surface area contributed by atoms with Crippen molar-refractivity contribution in [3.05, 3.63) is 0 Å². The van der Waals surface area contributed by atoms with E-state index in [1.807, 2.05) is 0 Å². The van der Waals surface area contributed by atoms with Crippen LogP contribution in [-0.2, 0) is 15.0 Å². The number of alkyl halides is 3. The Labute approximate surface area is 118 Å². The topological polar surface area (TPSA) is 86.7 Å². The molecule has 0 aromatic heterocycles. The standard InChI is InChI=1S/C9H15F3N2O4S2/c1-2-3-7-14(6(4-19-7)8(15)16)20(17,18)13-5-9(10,11)12/h6-7,13H,2-5H2,1H3,(H,15,16). The first-order chi connectivity index (χ1) is 9.08. The van der Waals surface area contributed by atoms with E-state index in [2.05, 4.69) is 0 Å². The van der Waals surface area contributed by atoms with E-state index in [9.17, 15) is 26.4 Å². The van der Waals surface area contributed by atoms with Gasteiger partial charge in [0.1, 0.15) is 12.6 Å². The normalized spacial score (nSPS) is 25.0. The second-order valence-corrected chi connectivity index (χ2v) is 7.07. The van der Waals surface area contributed by atoms with Gasteiger partial charge < -0.3 is 5.11 Å². The molecule has 0 aliphatic carbocycles. The van der Waals surface area contributed by atoms with Crippen molar-refractivity contribution in [2.45, 2.75) is 37.4 Å². The van der Waals surface area contributed by atoms with Crippen molar-refractivity contribution in [1.29, 1.82) is 0 Å². The predicted octanol–water partition coefficient (Wildman–Crippen LogP) is 1.01. The average molecular weight is 336 g/mol. The summed E-state index contributed by atoms with van der Waals surface area (Å²) in [5.74, 6) is -1.35. The number of hydrogen-bond acceptors (Lipinski definition) is 4. The lowest BCUT2D eigenvalue weighted by molar-refractivity contribution is -0.140. The van der Waals surface area contributed by atoms with E-state index in [4.69, 9.17) is 5.11 Å². The molecule has 0 aromatic rings. The Bertz CT molecular complexity index is 455. The molecule has 2 unspecified atom stereocenters. The van der Waals surface area contributed by atoms with Gasteiger partial charge in [0.05, 0.1) is 5.37 Å². The summed E-state index contributed by atoms with van der Waals surface area (Å²) in [6.45, 7) is 0.0598. The zero-order chi connectivity index (χ0) is 15.6. The van der Waals surface area contributed by atoms with E-state index in [1.54, 1.807) is 6.92 Å². The van der Waals surface area contributed by atoms with Gasteiger partial charge in [0.15, 0.2) is 0 Å². The molecule has 1 heterocycles. The van der Waals surface area contributed by atoms with Crippen molar-refractivity contribution in [2.75, 3.05) is 12.3 Å². The summed E-state index contributed by atoms with van der Waals surface area (Å²) in [6, 6.07) is -1.35. The monoisotopic (exact) mass is 336 g/mol. The highest BCUT2D eigenvalue weighted by Gasteiger charge is 2.46. The highest BCUT2D eigenvalue weighted by molar-refractivity contribution is 8.01. The zero-order valence-corrected chi connectivity index (χ0v) is 12.2. The van der Waals surface area contributed by atoms with Crippen molar-refractivity contribution in [1.82, 2.24) is 9.03 Å². The van der Waals surface area contributed by atoms with E-state index in [1.165, 1.54) is 4.72 Å². The predicted molar refractivity (Wildman–Crippen MR) is 67.4 cm³/mol. The van der Waals surface area contributed by atoms with E-state index >= 15 is 0 Å². The number of nitrogens with one attached hydrogen (secondary N) is 1. The molecule has 1 rings (SSSR count). The minimum atomic E-state index is -4.70. The summed E-state index contributed by atoms with van der Waals surface area (Å²) in [6.07, 6.45) is -3.73. The third-order valence-corrected chi connectivity index (χ3v) is 5.65. The molecule has 0 saturated carbocycles. The Kier molecular flexibility index (Phi) is 5.70. The molecule has 20 heavy (non-hydrogen) atoms. The smallest absolute Gasteiger partial charge is 0.402 e. The third-order valence-electron chi connectivity index (χ3n) is 2.59. The molecule has 1 fully saturated rings. The second-order valence-electron chi connectivity index (χ2n) is 4.20. The summed E-state index contributed by atoms with van der Waals surface area (Å²) >= 11 is 1.12. The van der Waals surface area contributed by atoms with Gasteiger partial charge in [0.25, 0.3) is 10.2 Å². The molecule has 6 nitrogen and oxygen atoms in total. The Morgan fingerprint density at radius 3 is 2.55 bits per heavy atom. The maximum Gasteiger partial charge on any atom is 0.402 e. The van der Waals surface area contributed by atoms with Crippen molar-refractivity contribution < 1.29 is 31.5 Å². The van der Waals surface area contributed by atoms with Gasteiger partial charge in [-0.1, -0.05) is 13.3 Å². The zero-order valence-electron chi connectivity index (χ0n) is 10.6. The number of rotatable bonds is 6. The highest BCUT2D eigenvalue weighted by Crippen LogP contribution is 2.34. The van der Waals surface area contributed by atoms with Crippen LogP contribution >= 0.6 is 11.8 Å². The van der Waals surface area contributed by atoms with Gasteiger partial charge in [-0.3, -0.25) is 4.79 Å². The quantitative estimate of drug-likeness (QED) is 0.756.